The third kappa shape index (κ3) is 8.41. The van der Waals surface area contributed by atoms with Crippen molar-refractivity contribution in [3.63, 3.8) is 0 Å². The molecule has 0 saturated carbocycles. The third-order valence-corrected chi connectivity index (χ3v) is 3.39. The van der Waals surface area contributed by atoms with Crippen molar-refractivity contribution >= 4 is 11.9 Å². The number of pyridine rings is 1. The van der Waals surface area contributed by atoms with Crippen molar-refractivity contribution in [2.75, 3.05) is 39.3 Å². The van der Waals surface area contributed by atoms with Crippen LogP contribution < -0.4 is 19.5 Å². The van der Waals surface area contributed by atoms with E-state index in [2.05, 4.69) is 31.8 Å². The van der Waals surface area contributed by atoms with Gasteiger partial charge in [0.15, 0.2) is 19.0 Å². The standard InChI is InChI=1S/C17H24N6O2.CH4O/c1-4-9-23-10-6-14(7-11-23)25-12-16(24)18-8-5-15-19-13-20-17(21-15)22(2)3;1-2/h6-7,10-11,13H,4-5,8-9,12H2,1-3H3;2H,1H3/p+1. The summed E-state index contributed by atoms with van der Waals surface area (Å²) in [5, 5.41) is 9.80. The van der Waals surface area contributed by atoms with E-state index in [1.54, 1.807) is 0 Å². The lowest BCUT2D eigenvalue weighted by Gasteiger charge is -2.10. The van der Waals surface area contributed by atoms with Crippen LogP contribution in [0.1, 0.15) is 19.2 Å². The first kappa shape index (κ1) is 22.2. The molecule has 0 fully saturated rings. The van der Waals surface area contributed by atoms with E-state index in [-0.39, 0.29) is 12.5 Å². The van der Waals surface area contributed by atoms with Crippen molar-refractivity contribution in [3.8, 4) is 5.75 Å². The maximum absolute atomic E-state index is 11.8. The number of aryl methyl sites for hydroxylation is 1. The minimum absolute atomic E-state index is 0.0159. The SMILES string of the molecule is CCC[n+]1ccc(OCC(=O)NCCc2ncnc(N(C)C)n2)cc1.CO. The molecule has 0 radical (unpaired) electrons. The molecule has 1 amide bonds. The zero-order valence-corrected chi connectivity index (χ0v) is 16.4. The van der Waals surface area contributed by atoms with Crippen molar-refractivity contribution in [1.29, 1.82) is 0 Å². The average Bonchev–Trinajstić information content (AvgIpc) is 2.69. The van der Waals surface area contributed by atoms with Gasteiger partial charge in [0.1, 0.15) is 24.4 Å². The zero-order chi connectivity index (χ0) is 20.1. The van der Waals surface area contributed by atoms with Gasteiger partial charge < -0.3 is 20.1 Å². The van der Waals surface area contributed by atoms with Crippen LogP contribution in [0, 0.1) is 0 Å². The van der Waals surface area contributed by atoms with E-state index in [1.165, 1.54) is 6.33 Å². The van der Waals surface area contributed by atoms with Gasteiger partial charge in [0.2, 0.25) is 5.95 Å². The van der Waals surface area contributed by atoms with Crippen LogP contribution in [0.15, 0.2) is 30.9 Å². The van der Waals surface area contributed by atoms with E-state index in [0.29, 0.717) is 30.5 Å². The van der Waals surface area contributed by atoms with Gasteiger partial charge in [-0.1, -0.05) is 6.92 Å². The summed E-state index contributed by atoms with van der Waals surface area (Å²) in [5.41, 5.74) is 0. The highest BCUT2D eigenvalue weighted by Gasteiger charge is 2.06. The Morgan fingerprint density at radius 2 is 1.96 bits per heavy atom. The Balaban J connectivity index is 0.00000176. The van der Waals surface area contributed by atoms with E-state index in [4.69, 9.17) is 9.84 Å². The van der Waals surface area contributed by atoms with E-state index < -0.39 is 0 Å². The fraction of sp³-hybridized carbons (Fsp3) is 0.500. The summed E-state index contributed by atoms with van der Waals surface area (Å²) < 4.78 is 7.55. The van der Waals surface area contributed by atoms with Gasteiger partial charge >= 0.3 is 0 Å². The Bertz CT molecular complexity index is 679. The van der Waals surface area contributed by atoms with Crippen LogP contribution in [0.4, 0.5) is 5.95 Å². The minimum atomic E-state index is -0.174. The number of carbonyl (C=O) groups is 1. The molecule has 0 aliphatic heterocycles. The van der Waals surface area contributed by atoms with Crippen LogP contribution in [-0.4, -0.2) is 60.3 Å². The smallest absolute Gasteiger partial charge is 0.257 e. The van der Waals surface area contributed by atoms with Gasteiger partial charge in [-0.15, -0.1) is 0 Å². The van der Waals surface area contributed by atoms with Gasteiger partial charge in [-0.2, -0.15) is 4.98 Å². The summed E-state index contributed by atoms with van der Waals surface area (Å²) in [4.78, 5) is 26.1. The van der Waals surface area contributed by atoms with E-state index in [9.17, 15) is 4.79 Å². The molecule has 148 valence electrons. The first-order valence-electron chi connectivity index (χ1n) is 8.77. The number of rotatable bonds is 9. The number of nitrogens with one attached hydrogen (secondary N) is 1. The van der Waals surface area contributed by atoms with Gasteiger partial charge in [0, 0.05) is 52.7 Å². The summed E-state index contributed by atoms with van der Waals surface area (Å²) in [7, 11) is 4.73. The number of anilines is 1. The summed E-state index contributed by atoms with van der Waals surface area (Å²) in [6.07, 6.45) is 6.98. The second-order valence-corrected chi connectivity index (χ2v) is 5.76. The molecule has 2 heterocycles. The molecule has 0 atom stereocenters. The maximum atomic E-state index is 11.8. The van der Waals surface area contributed by atoms with Gasteiger partial charge in [0.25, 0.3) is 5.91 Å². The second kappa shape index (κ2) is 12.5. The molecular weight excluding hydrogens is 348 g/mol. The maximum Gasteiger partial charge on any atom is 0.257 e. The van der Waals surface area contributed by atoms with Crippen LogP contribution in [0.2, 0.25) is 0 Å². The first-order valence-corrected chi connectivity index (χ1v) is 8.77. The number of hydrogen-bond donors (Lipinski definition) is 2. The van der Waals surface area contributed by atoms with Crippen molar-refractivity contribution in [2.24, 2.45) is 0 Å². The molecule has 0 spiro atoms. The Kier molecular flexibility index (Phi) is 10.3. The molecular formula is C18H29N6O3+. The van der Waals surface area contributed by atoms with Gasteiger partial charge in [-0.3, -0.25) is 4.79 Å². The Hall–Kier alpha value is -2.81. The van der Waals surface area contributed by atoms with Crippen LogP contribution >= 0.6 is 0 Å². The Morgan fingerprint density at radius 3 is 2.59 bits per heavy atom. The molecule has 27 heavy (non-hydrogen) atoms. The summed E-state index contributed by atoms with van der Waals surface area (Å²) >= 11 is 0. The summed E-state index contributed by atoms with van der Waals surface area (Å²) in [6.45, 7) is 3.52. The number of carbonyl (C=O) groups excluding carboxylic acids is 1. The molecule has 2 aromatic rings. The predicted octanol–water partition coefficient (Wildman–Crippen LogP) is -0.0187. The molecule has 0 aliphatic carbocycles. The van der Waals surface area contributed by atoms with Gasteiger partial charge in [-0.05, 0) is 0 Å². The lowest BCUT2D eigenvalue weighted by atomic mass is 10.4. The highest BCUT2D eigenvalue weighted by atomic mass is 16.5. The third-order valence-electron chi connectivity index (χ3n) is 3.39. The number of aromatic nitrogens is 4. The number of nitrogens with zero attached hydrogens (tertiary/aromatic N) is 5. The summed E-state index contributed by atoms with van der Waals surface area (Å²) in [5.74, 6) is 1.75. The first-order chi connectivity index (χ1) is 13.1. The Labute approximate surface area is 160 Å². The lowest BCUT2D eigenvalue weighted by molar-refractivity contribution is -0.697. The molecule has 0 saturated heterocycles. The molecule has 0 aliphatic rings. The number of amides is 1. The van der Waals surface area contributed by atoms with Crippen molar-refractivity contribution in [1.82, 2.24) is 20.3 Å². The van der Waals surface area contributed by atoms with Crippen molar-refractivity contribution in [3.05, 3.63) is 36.7 Å². The average molecular weight is 377 g/mol. The molecule has 2 rings (SSSR count). The van der Waals surface area contributed by atoms with Gasteiger partial charge in [-0.25, -0.2) is 14.5 Å². The number of ether oxygens (including phenoxy) is 1. The normalized spacial score (nSPS) is 9.81. The van der Waals surface area contributed by atoms with Crippen molar-refractivity contribution < 1.29 is 19.2 Å². The fourth-order valence-corrected chi connectivity index (χ4v) is 2.12. The van der Waals surface area contributed by atoms with Gasteiger partial charge in [0.05, 0.1) is 0 Å². The topological polar surface area (TPSA) is 104 Å². The molecule has 2 aromatic heterocycles. The molecule has 0 unspecified atom stereocenters. The van der Waals surface area contributed by atoms with Crippen LogP contribution in [0.3, 0.4) is 0 Å². The highest BCUT2D eigenvalue weighted by molar-refractivity contribution is 5.77. The molecule has 2 N–H and O–H groups in total. The minimum Gasteiger partial charge on any atom is -0.483 e. The fourth-order valence-electron chi connectivity index (χ4n) is 2.12. The lowest BCUT2D eigenvalue weighted by Crippen LogP contribution is -2.33. The number of aliphatic hydroxyl groups is 1. The zero-order valence-electron chi connectivity index (χ0n) is 16.4. The Morgan fingerprint density at radius 1 is 1.26 bits per heavy atom. The molecule has 9 nitrogen and oxygen atoms in total. The highest BCUT2D eigenvalue weighted by Crippen LogP contribution is 2.05. The van der Waals surface area contributed by atoms with Crippen LogP contribution in [0.5, 0.6) is 5.75 Å². The quantitative estimate of drug-likeness (QED) is 0.592. The molecule has 0 bridgehead atoms. The second-order valence-electron chi connectivity index (χ2n) is 5.76. The van der Waals surface area contributed by atoms with Crippen LogP contribution in [0.25, 0.3) is 0 Å². The number of aliphatic hydroxyl groups excluding tert-OH is 1. The largest absolute Gasteiger partial charge is 0.483 e. The molecule has 0 aromatic carbocycles. The van der Waals surface area contributed by atoms with E-state index in [1.807, 2.05) is 43.5 Å². The van der Waals surface area contributed by atoms with Crippen molar-refractivity contribution in [2.45, 2.75) is 26.3 Å². The summed E-state index contributed by atoms with van der Waals surface area (Å²) in [6, 6.07) is 3.72. The predicted molar refractivity (Wildman–Crippen MR) is 101 cm³/mol. The van der Waals surface area contributed by atoms with E-state index in [0.717, 1.165) is 20.1 Å². The number of hydrogen-bond acceptors (Lipinski definition) is 7. The monoisotopic (exact) mass is 377 g/mol. The van der Waals surface area contributed by atoms with E-state index >= 15 is 0 Å². The van der Waals surface area contributed by atoms with Crippen LogP contribution in [-0.2, 0) is 17.8 Å². The molecule has 9 heteroatoms.